The average molecular weight is 130 g/mol. The van der Waals surface area contributed by atoms with E-state index in [0.717, 1.165) is 12.6 Å². The van der Waals surface area contributed by atoms with Crippen LogP contribution in [0, 0.1) is 0 Å². The number of carbonyl (C=O) groups excluding carboxylic acids is 1. The maximum Gasteiger partial charge on any atom is 0.263 e. The molecule has 4 nitrogen and oxygen atoms in total. The van der Waals surface area contributed by atoms with E-state index in [1.54, 1.807) is 0 Å². The van der Waals surface area contributed by atoms with Gasteiger partial charge < -0.3 is 10.6 Å². The predicted octanol–water partition coefficient (Wildman–Crippen LogP) is -0.116. The molecular formula is C5H10N2O2. The highest BCUT2D eigenvalue weighted by Crippen LogP contribution is 1.77. The second kappa shape index (κ2) is 5.08. The van der Waals surface area contributed by atoms with Crippen LogP contribution in [0.5, 0.6) is 0 Å². The Kier molecular flexibility index (Phi) is 4.49. The molecule has 0 aliphatic rings. The first-order valence-corrected chi connectivity index (χ1v) is 2.72. The smallest absolute Gasteiger partial charge is 0.263 e. The number of carbonyl (C=O) groups is 1. The van der Waals surface area contributed by atoms with Crippen molar-refractivity contribution in [2.24, 2.45) is 10.9 Å². The topological polar surface area (TPSA) is 64.7 Å². The van der Waals surface area contributed by atoms with Crippen molar-refractivity contribution < 1.29 is 9.63 Å². The van der Waals surface area contributed by atoms with Crippen LogP contribution in [0.4, 0.5) is 0 Å². The zero-order valence-corrected chi connectivity index (χ0v) is 5.33. The van der Waals surface area contributed by atoms with Crippen LogP contribution < -0.4 is 5.73 Å². The van der Waals surface area contributed by atoms with Gasteiger partial charge in [0.05, 0.1) is 0 Å². The zero-order chi connectivity index (χ0) is 7.11. The SMILES string of the molecule is CCCO/N=C/C(N)=O. The minimum Gasteiger partial charge on any atom is -0.396 e. The quantitative estimate of drug-likeness (QED) is 0.327. The van der Waals surface area contributed by atoms with E-state index in [-0.39, 0.29) is 0 Å². The predicted molar refractivity (Wildman–Crippen MR) is 33.9 cm³/mol. The second-order valence-electron chi connectivity index (χ2n) is 1.47. The van der Waals surface area contributed by atoms with Gasteiger partial charge in [-0.05, 0) is 6.42 Å². The van der Waals surface area contributed by atoms with Crippen molar-refractivity contribution in [3.05, 3.63) is 0 Å². The Labute approximate surface area is 53.7 Å². The van der Waals surface area contributed by atoms with Crippen LogP contribution in [0.1, 0.15) is 13.3 Å². The fourth-order valence-electron chi connectivity index (χ4n) is 0.233. The number of primary amides is 1. The lowest BCUT2D eigenvalue weighted by molar-refractivity contribution is -0.111. The summed E-state index contributed by atoms with van der Waals surface area (Å²) >= 11 is 0. The molecule has 52 valence electrons. The van der Waals surface area contributed by atoms with Crippen molar-refractivity contribution in [3.63, 3.8) is 0 Å². The van der Waals surface area contributed by atoms with E-state index in [1.807, 2.05) is 6.92 Å². The van der Waals surface area contributed by atoms with Crippen molar-refractivity contribution in [1.29, 1.82) is 0 Å². The molecule has 1 amide bonds. The summed E-state index contributed by atoms with van der Waals surface area (Å²) in [6.45, 7) is 2.46. The molecule has 0 aromatic heterocycles. The van der Waals surface area contributed by atoms with Crippen molar-refractivity contribution in [3.8, 4) is 0 Å². The highest BCUT2D eigenvalue weighted by molar-refractivity contribution is 6.25. The summed E-state index contributed by atoms with van der Waals surface area (Å²) in [5.41, 5.74) is 4.71. The molecule has 0 unspecified atom stereocenters. The number of nitrogens with zero attached hydrogens (tertiary/aromatic N) is 1. The molecule has 0 fully saturated rings. The summed E-state index contributed by atoms with van der Waals surface area (Å²) in [7, 11) is 0. The summed E-state index contributed by atoms with van der Waals surface area (Å²) in [6, 6.07) is 0. The van der Waals surface area contributed by atoms with Gasteiger partial charge >= 0.3 is 0 Å². The normalized spacial score (nSPS) is 9.89. The van der Waals surface area contributed by atoms with Crippen LogP contribution >= 0.6 is 0 Å². The third-order valence-corrected chi connectivity index (χ3v) is 0.550. The highest BCUT2D eigenvalue weighted by atomic mass is 16.6. The number of hydrogen-bond donors (Lipinski definition) is 1. The largest absolute Gasteiger partial charge is 0.396 e. The Bertz CT molecular complexity index is 112. The van der Waals surface area contributed by atoms with Gasteiger partial charge in [-0.25, -0.2) is 0 Å². The van der Waals surface area contributed by atoms with Crippen LogP contribution in [-0.4, -0.2) is 18.7 Å². The molecule has 0 atom stereocenters. The molecule has 0 aliphatic heterocycles. The minimum absolute atomic E-state index is 0.518. The minimum atomic E-state index is -0.592. The van der Waals surface area contributed by atoms with Gasteiger partial charge in [-0.1, -0.05) is 12.1 Å². The molecular weight excluding hydrogens is 120 g/mol. The van der Waals surface area contributed by atoms with Gasteiger partial charge in [-0.15, -0.1) is 0 Å². The van der Waals surface area contributed by atoms with Gasteiger partial charge in [0.2, 0.25) is 0 Å². The molecule has 4 heteroatoms. The molecule has 0 aliphatic carbocycles. The molecule has 0 aromatic carbocycles. The number of nitrogens with two attached hydrogens (primary N) is 1. The molecule has 0 saturated carbocycles. The monoisotopic (exact) mass is 130 g/mol. The summed E-state index contributed by atoms with van der Waals surface area (Å²) in [6.07, 6.45) is 1.81. The maximum absolute atomic E-state index is 9.96. The van der Waals surface area contributed by atoms with Crippen LogP contribution in [-0.2, 0) is 9.63 Å². The Morgan fingerprint density at radius 1 is 1.89 bits per heavy atom. The molecule has 0 heterocycles. The van der Waals surface area contributed by atoms with E-state index < -0.39 is 5.91 Å². The summed E-state index contributed by atoms with van der Waals surface area (Å²) in [5, 5.41) is 3.26. The van der Waals surface area contributed by atoms with Gasteiger partial charge in [0.15, 0.2) is 0 Å². The van der Waals surface area contributed by atoms with Crippen molar-refractivity contribution in [2.75, 3.05) is 6.61 Å². The van der Waals surface area contributed by atoms with E-state index in [2.05, 4.69) is 9.99 Å². The van der Waals surface area contributed by atoms with Gasteiger partial charge in [-0.3, -0.25) is 4.79 Å². The van der Waals surface area contributed by atoms with E-state index in [4.69, 9.17) is 5.73 Å². The Balaban J connectivity index is 3.15. The Morgan fingerprint density at radius 3 is 3.00 bits per heavy atom. The number of rotatable bonds is 4. The number of amides is 1. The first-order chi connectivity index (χ1) is 4.27. The van der Waals surface area contributed by atoms with Crippen molar-refractivity contribution in [2.45, 2.75) is 13.3 Å². The molecule has 0 spiro atoms. The molecule has 0 rings (SSSR count). The maximum atomic E-state index is 9.96. The standard InChI is InChI=1S/C5H10N2O2/c1-2-3-9-7-4-5(6)8/h4H,2-3H2,1H3,(H2,6,8)/b7-4+. The number of oxime groups is 1. The van der Waals surface area contributed by atoms with E-state index >= 15 is 0 Å². The van der Waals surface area contributed by atoms with E-state index in [9.17, 15) is 4.79 Å². The van der Waals surface area contributed by atoms with Gasteiger partial charge in [0, 0.05) is 0 Å². The van der Waals surface area contributed by atoms with Gasteiger partial charge in [0.25, 0.3) is 5.91 Å². The fourth-order valence-corrected chi connectivity index (χ4v) is 0.233. The Hall–Kier alpha value is -1.06. The fraction of sp³-hybridized carbons (Fsp3) is 0.600. The lowest BCUT2D eigenvalue weighted by Gasteiger charge is -1.90. The lowest BCUT2D eigenvalue weighted by Crippen LogP contribution is -2.11. The van der Waals surface area contributed by atoms with E-state index in [0.29, 0.717) is 6.61 Å². The van der Waals surface area contributed by atoms with Crippen LogP contribution in [0.3, 0.4) is 0 Å². The lowest BCUT2D eigenvalue weighted by atomic mass is 10.5. The molecule has 0 aromatic rings. The zero-order valence-electron chi connectivity index (χ0n) is 5.33. The van der Waals surface area contributed by atoms with Crippen molar-refractivity contribution in [1.82, 2.24) is 0 Å². The molecule has 9 heavy (non-hydrogen) atoms. The van der Waals surface area contributed by atoms with Crippen LogP contribution in [0.25, 0.3) is 0 Å². The van der Waals surface area contributed by atoms with Gasteiger partial charge in [0.1, 0.15) is 12.8 Å². The summed E-state index contributed by atoms with van der Waals surface area (Å²) in [5.74, 6) is -0.592. The summed E-state index contributed by atoms with van der Waals surface area (Å²) in [4.78, 5) is 14.5. The first kappa shape index (κ1) is 7.94. The van der Waals surface area contributed by atoms with Crippen molar-refractivity contribution >= 4 is 12.1 Å². The second-order valence-corrected chi connectivity index (χ2v) is 1.47. The Morgan fingerprint density at radius 2 is 2.56 bits per heavy atom. The molecule has 0 saturated heterocycles. The van der Waals surface area contributed by atoms with Gasteiger partial charge in [-0.2, -0.15) is 0 Å². The van der Waals surface area contributed by atoms with E-state index in [1.165, 1.54) is 0 Å². The number of hydrogen-bond acceptors (Lipinski definition) is 3. The molecule has 0 radical (unpaired) electrons. The molecule has 0 bridgehead atoms. The average Bonchev–Trinajstić information content (AvgIpc) is 1.80. The molecule has 2 N–H and O–H groups in total. The summed E-state index contributed by atoms with van der Waals surface area (Å²) < 4.78 is 0. The third kappa shape index (κ3) is 6.94. The third-order valence-electron chi connectivity index (χ3n) is 0.550. The highest BCUT2D eigenvalue weighted by Gasteiger charge is 1.81. The van der Waals surface area contributed by atoms with Crippen LogP contribution in [0.15, 0.2) is 5.16 Å². The van der Waals surface area contributed by atoms with Crippen LogP contribution in [0.2, 0.25) is 0 Å². The first-order valence-electron chi connectivity index (χ1n) is 2.72.